The number of aromatic amines is 1. The first kappa shape index (κ1) is 24.4. The number of rotatable bonds is 7. The van der Waals surface area contributed by atoms with E-state index in [1.54, 1.807) is 0 Å². The van der Waals surface area contributed by atoms with E-state index in [2.05, 4.69) is 15.3 Å². The number of benzene rings is 2. The highest BCUT2D eigenvalue weighted by atomic mass is 32.1. The fraction of sp³-hybridized carbons (Fsp3) is 0.174. The summed E-state index contributed by atoms with van der Waals surface area (Å²) in [5.74, 6) is 4.83. The maximum atomic E-state index is 13.4. The van der Waals surface area contributed by atoms with Crippen molar-refractivity contribution < 1.29 is 27.5 Å². The molecule has 0 saturated heterocycles. The topological polar surface area (TPSA) is 113 Å². The third-order valence-electron chi connectivity index (χ3n) is 5.11. The van der Waals surface area contributed by atoms with Crippen molar-refractivity contribution in [3.8, 4) is 0 Å². The van der Waals surface area contributed by atoms with Crippen molar-refractivity contribution in [3.05, 3.63) is 81.3 Å². The van der Waals surface area contributed by atoms with Gasteiger partial charge < -0.3 is 15.0 Å². The fourth-order valence-corrected chi connectivity index (χ4v) is 4.15. The number of aromatic nitrogens is 2. The van der Waals surface area contributed by atoms with Crippen LogP contribution in [-0.2, 0) is 24.1 Å². The Balaban J connectivity index is 1.73. The van der Waals surface area contributed by atoms with Gasteiger partial charge >= 0.3 is 6.18 Å². The molecular weight excluding hydrogens is 483 g/mol. The lowest BCUT2D eigenvalue weighted by Gasteiger charge is -2.20. The predicted octanol–water partition coefficient (Wildman–Crippen LogP) is 4.24. The molecule has 0 bridgehead atoms. The normalized spacial score (nSPS) is 11.6. The number of nitrogens with zero attached hydrogens (tertiary/aromatic N) is 2. The van der Waals surface area contributed by atoms with E-state index in [9.17, 15) is 22.8 Å². The van der Waals surface area contributed by atoms with Crippen LogP contribution in [0.1, 0.15) is 37.0 Å². The number of fused-ring (bicyclic) bond motifs is 1. The van der Waals surface area contributed by atoms with E-state index in [0.717, 1.165) is 17.0 Å². The van der Waals surface area contributed by atoms with Crippen LogP contribution in [0.2, 0.25) is 0 Å². The molecule has 4 N–H and O–H groups in total. The number of amides is 2. The van der Waals surface area contributed by atoms with Crippen molar-refractivity contribution in [1.29, 1.82) is 0 Å². The summed E-state index contributed by atoms with van der Waals surface area (Å²) in [4.78, 5) is 34.3. The summed E-state index contributed by atoms with van der Waals surface area (Å²) >= 11 is 1.47. The van der Waals surface area contributed by atoms with Crippen molar-refractivity contribution in [2.24, 2.45) is 5.84 Å². The van der Waals surface area contributed by atoms with Crippen molar-refractivity contribution in [3.63, 3.8) is 0 Å². The van der Waals surface area contributed by atoms with Gasteiger partial charge in [0, 0.05) is 12.0 Å². The monoisotopic (exact) mass is 503 g/mol. The third-order valence-corrected chi connectivity index (χ3v) is 5.99. The summed E-state index contributed by atoms with van der Waals surface area (Å²) in [7, 11) is 1.48. The van der Waals surface area contributed by atoms with Crippen LogP contribution < -0.4 is 16.2 Å². The maximum Gasteiger partial charge on any atom is 0.417 e. The lowest BCUT2D eigenvalue weighted by atomic mass is 10.1. The molecule has 2 aromatic carbocycles. The predicted molar refractivity (Wildman–Crippen MR) is 125 cm³/mol. The molecule has 4 aromatic rings. The van der Waals surface area contributed by atoms with E-state index in [0.29, 0.717) is 21.9 Å². The number of imidazole rings is 1. The van der Waals surface area contributed by atoms with Gasteiger partial charge in [0.1, 0.15) is 17.9 Å². The second kappa shape index (κ2) is 9.86. The maximum absolute atomic E-state index is 13.4. The zero-order valence-corrected chi connectivity index (χ0v) is 19.2. The molecule has 2 aromatic heterocycles. The molecule has 0 aliphatic carbocycles. The molecule has 0 spiro atoms. The van der Waals surface area contributed by atoms with Gasteiger partial charge in [-0.25, -0.2) is 15.8 Å². The van der Waals surface area contributed by atoms with Crippen LogP contribution in [-0.4, -0.2) is 28.9 Å². The average molecular weight is 504 g/mol. The number of hydrogen-bond acceptors (Lipinski definition) is 6. The fourth-order valence-electron chi connectivity index (χ4n) is 3.51. The molecule has 0 aliphatic rings. The molecular formula is C23H20F3N5O3S. The quantitative estimate of drug-likeness (QED) is 0.198. The highest BCUT2D eigenvalue weighted by molar-refractivity contribution is 7.09. The van der Waals surface area contributed by atoms with E-state index in [4.69, 9.17) is 10.6 Å². The van der Waals surface area contributed by atoms with Crippen LogP contribution in [0.3, 0.4) is 0 Å². The van der Waals surface area contributed by atoms with E-state index in [1.807, 2.05) is 17.5 Å². The summed E-state index contributed by atoms with van der Waals surface area (Å²) in [6.45, 7) is 0.395. The highest BCUT2D eigenvalue weighted by Crippen LogP contribution is 2.33. The molecule has 0 atom stereocenters. The number of carbonyl (C=O) groups excluding carboxylic acids is 2. The molecule has 4 rings (SSSR count). The Kier molecular flexibility index (Phi) is 6.87. The van der Waals surface area contributed by atoms with Crippen LogP contribution in [0.5, 0.6) is 0 Å². The minimum atomic E-state index is -4.75. The van der Waals surface area contributed by atoms with Crippen LogP contribution in [0, 0.1) is 0 Å². The number of hydrazine groups is 1. The summed E-state index contributed by atoms with van der Waals surface area (Å²) < 4.78 is 45.4. The smallest absolute Gasteiger partial charge is 0.377 e. The molecule has 182 valence electrons. The van der Waals surface area contributed by atoms with Crippen molar-refractivity contribution >= 4 is 39.9 Å². The van der Waals surface area contributed by atoms with Gasteiger partial charge in [0.25, 0.3) is 11.8 Å². The van der Waals surface area contributed by atoms with E-state index < -0.39 is 29.1 Å². The number of ether oxygens (including phenoxy) is 1. The van der Waals surface area contributed by atoms with E-state index >= 15 is 0 Å². The second-order valence-electron chi connectivity index (χ2n) is 7.49. The molecule has 8 nitrogen and oxygen atoms in total. The van der Waals surface area contributed by atoms with Gasteiger partial charge in [-0.2, -0.15) is 13.2 Å². The van der Waals surface area contributed by atoms with Gasteiger partial charge in [-0.1, -0.05) is 18.2 Å². The molecule has 0 radical (unpaired) electrons. The molecule has 0 aliphatic heterocycles. The van der Waals surface area contributed by atoms with E-state index in [-0.39, 0.29) is 24.4 Å². The molecule has 35 heavy (non-hydrogen) atoms. The summed E-state index contributed by atoms with van der Waals surface area (Å²) in [5.41, 5.74) is -0.951. The number of H-pyrrole nitrogens is 1. The molecule has 0 saturated carbocycles. The number of nitrogens with two attached hydrogens (primary N) is 1. The van der Waals surface area contributed by atoms with Crippen LogP contribution in [0.15, 0.2) is 53.9 Å². The number of anilines is 1. The lowest BCUT2D eigenvalue weighted by molar-refractivity contribution is -0.137. The number of nitrogens with one attached hydrogen (secondary N) is 2. The molecule has 0 fully saturated rings. The SMILES string of the molecule is COCc1nc2c(C(=O)NCc3cccs3)cc(N(N)C(=O)c3ccccc3C(F)(F)F)cc2[nH]1. The molecule has 12 heteroatoms. The standard InChI is InChI=1S/C23H20F3N5O3S/c1-34-12-19-29-18-10-13(31(27)22(33)15-6-2-3-7-17(15)23(24,25)26)9-16(20(18)30-19)21(32)28-11-14-5-4-8-35-14/h2-10H,11-12,27H2,1H3,(H,28,32)(H,29,30). The number of thiophene rings is 1. The Morgan fingerprint density at radius 2 is 1.94 bits per heavy atom. The van der Waals surface area contributed by atoms with E-state index in [1.165, 1.54) is 42.7 Å². The summed E-state index contributed by atoms with van der Waals surface area (Å²) in [5, 5.41) is 5.24. The van der Waals surface area contributed by atoms with Crippen molar-refractivity contribution in [1.82, 2.24) is 15.3 Å². The van der Waals surface area contributed by atoms with Crippen molar-refractivity contribution in [2.75, 3.05) is 12.1 Å². The molecule has 2 amide bonds. The van der Waals surface area contributed by atoms with Gasteiger partial charge in [-0.05, 0) is 35.7 Å². The van der Waals surface area contributed by atoms with Crippen LogP contribution in [0.25, 0.3) is 11.0 Å². The zero-order chi connectivity index (χ0) is 25.2. The van der Waals surface area contributed by atoms with Gasteiger partial charge in [0.15, 0.2) is 0 Å². The van der Waals surface area contributed by atoms with Crippen molar-refractivity contribution in [2.45, 2.75) is 19.3 Å². The number of alkyl halides is 3. The first-order valence-electron chi connectivity index (χ1n) is 10.3. The third kappa shape index (κ3) is 5.19. The average Bonchev–Trinajstić information content (AvgIpc) is 3.50. The van der Waals surface area contributed by atoms with Gasteiger partial charge in [0.2, 0.25) is 0 Å². The second-order valence-corrected chi connectivity index (χ2v) is 8.52. The number of halogens is 3. The first-order valence-corrected chi connectivity index (χ1v) is 11.1. The molecule has 2 heterocycles. The Hall–Kier alpha value is -3.74. The number of hydrogen-bond donors (Lipinski definition) is 3. The minimum Gasteiger partial charge on any atom is -0.377 e. The summed E-state index contributed by atoms with van der Waals surface area (Å²) in [6.07, 6.45) is -4.75. The highest BCUT2D eigenvalue weighted by Gasteiger charge is 2.36. The summed E-state index contributed by atoms with van der Waals surface area (Å²) in [6, 6.07) is 10.8. The van der Waals surface area contributed by atoms with Gasteiger partial charge in [0.05, 0.1) is 34.4 Å². The number of methoxy groups -OCH3 is 1. The lowest BCUT2D eigenvalue weighted by Crippen LogP contribution is -2.38. The van der Waals surface area contributed by atoms with Crippen LogP contribution in [0.4, 0.5) is 18.9 Å². The Bertz CT molecular complexity index is 1370. The minimum absolute atomic E-state index is 0.00775. The van der Waals surface area contributed by atoms with Gasteiger partial charge in [-0.3, -0.25) is 9.59 Å². The van der Waals surface area contributed by atoms with Crippen LogP contribution >= 0.6 is 11.3 Å². The number of carbonyl (C=O) groups is 2. The largest absolute Gasteiger partial charge is 0.417 e. The zero-order valence-electron chi connectivity index (χ0n) is 18.3. The Morgan fingerprint density at radius 1 is 1.17 bits per heavy atom. The first-order chi connectivity index (χ1) is 16.7. The van der Waals surface area contributed by atoms with Gasteiger partial charge in [-0.15, -0.1) is 11.3 Å². The Morgan fingerprint density at radius 3 is 2.63 bits per heavy atom. The molecule has 0 unspecified atom stereocenters. The Labute approximate surface area is 201 Å².